The third kappa shape index (κ3) is 3.17. The third-order valence-electron chi connectivity index (χ3n) is 6.54. The lowest BCUT2D eigenvalue weighted by molar-refractivity contribution is -0.239. The summed E-state index contributed by atoms with van der Waals surface area (Å²) in [4.78, 5) is 0. The predicted molar refractivity (Wildman–Crippen MR) is 109 cm³/mol. The van der Waals surface area contributed by atoms with Crippen LogP contribution in [-0.4, -0.2) is 23.4 Å². The molecule has 0 spiro atoms. The van der Waals surface area contributed by atoms with E-state index in [4.69, 9.17) is 8.92 Å². The Kier molecular flexibility index (Phi) is 4.84. The van der Waals surface area contributed by atoms with Gasteiger partial charge in [-0.25, -0.2) is 0 Å². The Bertz CT molecular complexity index is 642. The zero-order valence-electron chi connectivity index (χ0n) is 17.3. The normalized spacial score (nSPS) is 29.2. The van der Waals surface area contributed by atoms with Crippen LogP contribution in [0.3, 0.4) is 0 Å². The lowest BCUT2D eigenvalue weighted by atomic mass is 9.70. The molecule has 1 aromatic rings. The molecule has 0 radical (unpaired) electrons. The fourth-order valence-electron chi connectivity index (χ4n) is 4.13. The molecule has 0 saturated carbocycles. The van der Waals surface area contributed by atoms with E-state index in [1.165, 1.54) is 16.7 Å². The molecule has 142 valence electrons. The summed E-state index contributed by atoms with van der Waals surface area (Å²) in [6, 6.07) is 6.76. The summed E-state index contributed by atoms with van der Waals surface area (Å²) in [7, 11) is -1.12. The fraction of sp³-hybridized carbons (Fsp3) is 0.727. The van der Waals surface area contributed by atoms with Crippen LogP contribution in [0.4, 0.5) is 0 Å². The molecule has 1 aliphatic carbocycles. The van der Waals surface area contributed by atoms with Crippen molar-refractivity contribution in [3.8, 4) is 0 Å². The molecule has 3 heteroatoms. The zero-order valence-corrected chi connectivity index (χ0v) is 18.1. The van der Waals surface area contributed by atoms with Crippen LogP contribution in [0.1, 0.15) is 83.3 Å². The van der Waals surface area contributed by atoms with E-state index >= 15 is 0 Å². The maximum absolute atomic E-state index is 6.71. The average Bonchev–Trinajstić information content (AvgIpc) is 2.89. The summed E-state index contributed by atoms with van der Waals surface area (Å²) in [5, 5.41) is 0. The van der Waals surface area contributed by atoms with E-state index in [2.05, 4.69) is 72.3 Å². The van der Waals surface area contributed by atoms with Crippen LogP contribution >= 0.6 is 10.3 Å². The number of fused-ring (bicyclic) bond motifs is 1. The summed E-state index contributed by atoms with van der Waals surface area (Å²) in [6.45, 7) is 13.8. The Hall–Kier alpha value is -0.510. The molecule has 0 amide bonds. The van der Waals surface area contributed by atoms with Crippen LogP contribution < -0.4 is 0 Å². The van der Waals surface area contributed by atoms with Crippen molar-refractivity contribution < 1.29 is 8.92 Å². The van der Waals surface area contributed by atoms with Crippen molar-refractivity contribution in [1.29, 1.82) is 0 Å². The van der Waals surface area contributed by atoms with E-state index in [1.807, 2.05) is 0 Å². The summed E-state index contributed by atoms with van der Waals surface area (Å²) >= 11 is 0. The highest BCUT2D eigenvalue weighted by molar-refractivity contribution is 8.29. The summed E-state index contributed by atoms with van der Waals surface area (Å²) in [6.07, 6.45) is 8.76. The zero-order chi connectivity index (χ0) is 18.6. The molecular formula is C22H36O2S. The minimum absolute atomic E-state index is 0.195. The number of ether oxygens (including phenoxy) is 1. The quantitative estimate of drug-likeness (QED) is 0.620. The Morgan fingerprint density at radius 3 is 2.40 bits per heavy atom. The van der Waals surface area contributed by atoms with Crippen molar-refractivity contribution in [1.82, 2.24) is 0 Å². The van der Waals surface area contributed by atoms with E-state index in [0.29, 0.717) is 6.10 Å². The van der Waals surface area contributed by atoms with Gasteiger partial charge in [-0.05, 0) is 48.5 Å². The van der Waals surface area contributed by atoms with Crippen LogP contribution in [0.5, 0.6) is 0 Å². The van der Waals surface area contributed by atoms with Gasteiger partial charge in [0.25, 0.3) is 0 Å². The highest BCUT2D eigenvalue weighted by atomic mass is 32.3. The van der Waals surface area contributed by atoms with E-state index in [-0.39, 0.29) is 22.4 Å². The van der Waals surface area contributed by atoms with Gasteiger partial charge in [-0.3, -0.25) is 0 Å². The highest BCUT2D eigenvalue weighted by Crippen LogP contribution is 2.59. The molecule has 3 rings (SSSR count). The molecule has 1 heterocycles. The van der Waals surface area contributed by atoms with Gasteiger partial charge in [0.1, 0.15) is 0 Å². The predicted octanol–water partition coefficient (Wildman–Crippen LogP) is 6.34. The monoisotopic (exact) mass is 364 g/mol. The molecule has 2 nitrogen and oxygen atoms in total. The van der Waals surface area contributed by atoms with E-state index in [9.17, 15) is 0 Å². The second-order valence-electron chi connectivity index (χ2n) is 9.62. The Morgan fingerprint density at radius 2 is 1.84 bits per heavy atom. The molecular weight excluding hydrogens is 328 g/mol. The Morgan fingerprint density at radius 1 is 1.20 bits per heavy atom. The van der Waals surface area contributed by atoms with Crippen molar-refractivity contribution in [2.75, 3.05) is 12.5 Å². The smallest absolute Gasteiger partial charge is 0.0956 e. The van der Waals surface area contributed by atoms with Gasteiger partial charge in [-0.15, -0.1) is 10.3 Å². The summed E-state index contributed by atoms with van der Waals surface area (Å²) in [5.74, 6) is 0. The lowest BCUT2D eigenvalue weighted by Gasteiger charge is -2.52. The lowest BCUT2D eigenvalue weighted by Crippen LogP contribution is -2.50. The molecule has 3 atom stereocenters. The molecule has 1 fully saturated rings. The van der Waals surface area contributed by atoms with Crippen molar-refractivity contribution >= 4 is 10.3 Å². The second kappa shape index (κ2) is 6.28. The second-order valence-corrected chi connectivity index (χ2v) is 13.5. The number of benzene rings is 1. The fourth-order valence-corrected chi connectivity index (χ4v) is 5.20. The SMILES string of the molecule is CCC1OC(c2cccc3c2CC[C@@H]3OS(C)(C)C(C)(C)C)C1(C)C. The van der Waals surface area contributed by atoms with Gasteiger partial charge in [0.05, 0.1) is 18.3 Å². The molecule has 1 aliphatic heterocycles. The highest BCUT2D eigenvalue weighted by Gasteiger charge is 2.50. The summed E-state index contributed by atoms with van der Waals surface area (Å²) in [5.41, 5.74) is 4.52. The van der Waals surface area contributed by atoms with Crippen LogP contribution in [0.2, 0.25) is 0 Å². The van der Waals surface area contributed by atoms with Gasteiger partial charge in [0.15, 0.2) is 0 Å². The van der Waals surface area contributed by atoms with Crippen LogP contribution in [-0.2, 0) is 15.3 Å². The van der Waals surface area contributed by atoms with Gasteiger partial charge < -0.3 is 8.92 Å². The van der Waals surface area contributed by atoms with Gasteiger partial charge >= 0.3 is 0 Å². The van der Waals surface area contributed by atoms with Gasteiger partial charge in [-0.2, -0.15) is 0 Å². The maximum Gasteiger partial charge on any atom is 0.0956 e. The molecule has 1 saturated heterocycles. The van der Waals surface area contributed by atoms with Crippen molar-refractivity contribution in [3.63, 3.8) is 0 Å². The first-order valence-corrected chi connectivity index (χ1v) is 12.0. The van der Waals surface area contributed by atoms with Crippen LogP contribution in [0.15, 0.2) is 18.2 Å². The van der Waals surface area contributed by atoms with Crippen LogP contribution in [0, 0.1) is 5.41 Å². The van der Waals surface area contributed by atoms with E-state index in [0.717, 1.165) is 19.3 Å². The number of hydrogen-bond donors (Lipinski definition) is 0. The van der Waals surface area contributed by atoms with Crippen molar-refractivity contribution in [2.45, 2.75) is 83.9 Å². The Balaban J connectivity index is 1.86. The first-order chi connectivity index (χ1) is 11.5. The van der Waals surface area contributed by atoms with Crippen molar-refractivity contribution in [2.24, 2.45) is 5.41 Å². The van der Waals surface area contributed by atoms with Gasteiger partial charge in [0, 0.05) is 10.2 Å². The summed E-state index contributed by atoms with van der Waals surface area (Å²) < 4.78 is 13.2. The largest absolute Gasteiger partial charge is 0.369 e. The molecule has 25 heavy (non-hydrogen) atoms. The minimum Gasteiger partial charge on any atom is -0.369 e. The van der Waals surface area contributed by atoms with Crippen molar-refractivity contribution in [3.05, 3.63) is 34.9 Å². The minimum atomic E-state index is -1.12. The third-order valence-corrected chi connectivity index (χ3v) is 10.2. The standard InChI is InChI=1S/C22H36O2S/c1-9-19-22(5,6)20(23-19)17-12-10-11-16-15(17)13-14-18(16)24-25(7,8)21(2,3)4/h10-12,18-20H,9,13-14H2,1-8H3/t18-,19?,20?/m0/s1. The van der Waals surface area contributed by atoms with Crippen LogP contribution in [0.25, 0.3) is 0 Å². The molecule has 1 aromatic carbocycles. The van der Waals surface area contributed by atoms with E-state index in [1.54, 1.807) is 0 Å². The van der Waals surface area contributed by atoms with E-state index < -0.39 is 10.3 Å². The Labute approximate surface area is 156 Å². The first kappa shape index (κ1) is 19.3. The molecule has 2 unspecified atom stereocenters. The molecule has 0 N–H and O–H groups in total. The molecule has 0 bridgehead atoms. The number of rotatable bonds is 4. The first-order valence-electron chi connectivity index (χ1n) is 9.67. The maximum atomic E-state index is 6.71. The topological polar surface area (TPSA) is 18.5 Å². The van der Waals surface area contributed by atoms with Gasteiger partial charge in [-0.1, -0.05) is 59.7 Å². The van der Waals surface area contributed by atoms with Gasteiger partial charge in [0.2, 0.25) is 0 Å². The average molecular weight is 365 g/mol. The molecule has 2 aliphatic rings. The molecule has 0 aromatic heterocycles. The number of hydrogen-bond acceptors (Lipinski definition) is 2.